The first-order valence-corrected chi connectivity index (χ1v) is 8.02. The van der Waals surface area contributed by atoms with Crippen LogP contribution in [0, 0.1) is 10.1 Å². The lowest BCUT2D eigenvalue weighted by molar-refractivity contribution is -0.384. The van der Waals surface area contributed by atoms with Crippen LogP contribution in [0.5, 0.6) is 0 Å². The second-order valence-electron chi connectivity index (χ2n) is 5.78. The van der Waals surface area contributed by atoms with Crippen molar-refractivity contribution < 1.29 is 4.92 Å². The zero-order chi connectivity index (χ0) is 18.1. The third kappa shape index (κ3) is 2.75. The Morgan fingerprint density at radius 2 is 1.88 bits per heavy atom. The monoisotopic (exact) mass is 345 g/mol. The highest BCUT2D eigenvalue weighted by Gasteiger charge is 2.10. The third-order valence-electron chi connectivity index (χ3n) is 4.24. The molecule has 4 rings (SSSR count). The number of hydrogen-bond acceptors (Lipinski definition) is 5. The molecule has 0 saturated heterocycles. The Hall–Kier alpha value is -3.74. The van der Waals surface area contributed by atoms with Crippen LogP contribution in [0.1, 0.15) is 0 Å². The van der Waals surface area contributed by atoms with Gasteiger partial charge in [0.25, 0.3) is 5.69 Å². The van der Waals surface area contributed by atoms with Crippen molar-refractivity contribution in [3.63, 3.8) is 0 Å². The van der Waals surface area contributed by atoms with Crippen molar-refractivity contribution in [2.24, 2.45) is 0 Å². The van der Waals surface area contributed by atoms with Gasteiger partial charge < -0.3 is 9.88 Å². The van der Waals surface area contributed by atoms with Gasteiger partial charge in [-0.2, -0.15) is 0 Å². The molecule has 0 aliphatic heterocycles. The van der Waals surface area contributed by atoms with Gasteiger partial charge in [0.1, 0.15) is 18.0 Å². The summed E-state index contributed by atoms with van der Waals surface area (Å²) in [5.41, 5.74) is 2.75. The number of nitro benzene ring substituents is 1. The molecule has 0 unspecified atom stereocenters. The molecule has 4 aromatic rings. The van der Waals surface area contributed by atoms with Gasteiger partial charge in [-0.1, -0.05) is 24.3 Å². The van der Waals surface area contributed by atoms with E-state index in [2.05, 4.69) is 15.3 Å². The Kier molecular flexibility index (Phi) is 3.81. The molecule has 7 nitrogen and oxygen atoms in total. The van der Waals surface area contributed by atoms with Crippen molar-refractivity contribution in [1.82, 2.24) is 14.5 Å². The summed E-state index contributed by atoms with van der Waals surface area (Å²) in [6.45, 7) is 0. The third-order valence-corrected chi connectivity index (χ3v) is 4.24. The van der Waals surface area contributed by atoms with Crippen LogP contribution < -0.4 is 5.32 Å². The van der Waals surface area contributed by atoms with E-state index in [1.807, 2.05) is 47.2 Å². The predicted molar refractivity (Wildman–Crippen MR) is 101 cm³/mol. The highest BCUT2D eigenvalue weighted by Crippen LogP contribution is 2.29. The van der Waals surface area contributed by atoms with E-state index < -0.39 is 0 Å². The van der Waals surface area contributed by atoms with Crippen LogP contribution in [0.25, 0.3) is 27.8 Å². The number of non-ortho nitro benzene ring substituents is 1. The first kappa shape index (κ1) is 15.8. The summed E-state index contributed by atoms with van der Waals surface area (Å²) < 4.78 is 1.97. The Morgan fingerprint density at radius 1 is 1.04 bits per heavy atom. The summed E-state index contributed by atoms with van der Waals surface area (Å²) in [6, 6.07) is 16.5. The molecule has 0 radical (unpaired) electrons. The van der Waals surface area contributed by atoms with Crippen LogP contribution in [0.4, 0.5) is 11.5 Å². The quantitative estimate of drug-likeness (QED) is 0.446. The fraction of sp³-hybridized carbons (Fsp3) is 0.0526. The lowest BCUT2D eigenvalue weighted by atomic mass is 10.0. The molecule has 2 heterocycles. The second-order valence-corrected chi connectivity index (χ2v) is 5.78. The minimum Gasteiger partial charge on any atom is -0.373 e. The molecule has 0 atom stereocenters. The van der Waals surface area contributed by atoms with E-state index in [1.165, 1.54) is 12.4 Å². The molecule has 0 bridgehead atoms. The second kappa shape index (κ2) is 6.29. The number of anilines is 1. The molecule has 7 heteroatoms. The predicted octanol–water partition coefficient (Wildman–Crippen LogP) is 4.04. The first-order valence-electron chi connectivity index (χ1n) is 8.02. The number of hydrogen-bond donors (Lipinski definition) is 1. The van der Waals surface area contributed by atoms with Crippen molar-refractivity contribution in [1.29, 1.82) is 0 Å². The van der Waals surface area contributed by atoms with Gasteiger partial charge in [0, 0.05) is 36.8 Å². The number of nitrogens with one attached hydrogen (secondary N) is 1. The van der Waals surface area contributed by atoms with Crippen LogP contribution in [0.2, 0.25) is 0 Å². The minimum absolute atomic E-state index is 0.0763. The molecule has 0 aliphatic carbocycles. The molecular weight excluding hydrogens is 330 g/mol. The summed E-state index contributed by atoms with van der Waals surface area (Å²) in [6.07, 6.45) is 3.46. The van der Waals surface area contributed by atoms with Crippen LogP contribution in [0.15, 0.2) is 67.1 Å². The Balaban J connectivity index is 1.84. The number of fused-ring (bicyclic) bond motifs is 1. The number of nitro groups is 1. The van der Waals surface area contributed by atoms with E-state index in [0.717, 1.165) is 33.7 Å². The topological polar surface area (TPSA) is 85.9 Å². The van der Waals surface area contributed by atoms with E-state index >= 15 is 0 Å². The van der Waals surface area contributed by atoms with E-state index in [0.29, 0.717) is 0 Å². The van der Waals surface area contributed by atoms with Gasteiger partial charge in [-0.3, -0.25) is 10.1 Å². The van der Waals surface area contributed by atoms with Crippen molar-refractivity contribution in [2.45, 2.75) is 0 Å². The fourth-order valence-electron chi connectivity index (χ4n) is 2.92. The normalized spacial score (nSPS) is 10.8. The summed E-state index contributed by atoms with van der Waals surface area (Å²) in [7, 11) is 1.81. The van der Waals surface area contributed by atoms with Gasteiger partial charge in [-0.15, -0.1) is 0 Å². The van der Waals surface area contributed by atoms with E-state index in [4.69, 9.17) is 0 Å². The van der Waals surface area contributed by atoms with Crippen LogP contribution in [-0.2, 0) is 0 Å². The van der Waals surface area contributed by atoms with Gasteiger partial charge in [0.2, 0.25) is 0 Å². The van der Waals surface area contributed by atoms with Crippen LogP contribution in [0.3, 0.4) is 0 Å². The average molecular weight is 345 g/mol. The largest absolute Gasteiger partial charge is 0.373 e. The van der Waals surface area contributed by atoms with Crippen molar-refractivity contribution in [3.05, 3.63) is 77.2 Å². The van der Waals surface area contributed by atoms with Crippen molar-refractivity contribution >= 4 is 22.4 Å². The molecule has 0 amide bonds. The van der Waals surface area contributed by atoms with E-state index in [9.17, 15) is 10.1 Å². The Labute approximate surface area is 149 Å². The minimum atomic E-state index is -0.384. The number of benzene rings is 2. The SMILES string of the molecule is CNc1cc(-n2ccc3ccc(-c4cccc([N+](=O)[O-])c4)cc32)ncn1. The first-order chi connectivity index (χ1) is 12.7. The Morgan fingerprint density at radius 3 is 2.69 bits per heavy atom. The molecule has 0 fully saturated rings. The fourth-order valence-corrected chi connectivity index (χ4v) is 2.92. The average Bonchev–Trinajstić information content (AvgIpc) is 3.11. The number of aromatic nitrogens is 3. The lowest BCUT2D eigenvalue weighted by Gasteiger charge is -2.08. The number of rotatable bonds is 4. The summed E-state index contributed by atoms with van der Waals surface area (Å²) >= 11 is 0. The summed E-state index contributed by atoms with van der Waals surface area (Å²) in [5, 5.41) is 15.1. The van der Waals surface area contributed by atoms with E-state index in [1.54, 1.807) is 19.2 Å². The van der Waals surface area contributed by atoms with Gasteiger partial charge in [-0.05, 0) is 23.3 Å². The Bertz CT molecular complexity index is 1120. The molecule has 1 N–H and O–H groups in total. The maximum Gasteiger partial charge on any atom is 0.270 e. The standard InChI is InChI=1S/C19H15N5O2/c1-20-18-11-19(22-12-21-18)23-8-7-13-5-6-15(10-17(13)23)14-3-2-4-16(9-14)24(25)26/h2-12H,1H3,(H,20,21,22). The van der Waals surface area contributed by atoms with Crippen LogP contribution in [-0.4, -0.2) is 26.5 Å². The molecule has 26 heavy (non-hydrogen) atoms. The molecular formula is C19H15N5O2. The summed E-state index contributed by atoms with van der Waals surface area (Å²) in [5.74, 6) is 1.47. The lowest BCUT2D eigenvalue weighted by Crippen LogP contribution is -1.99. The molecule has 2 aromatic carbocycles. The molecule has 128 valence electrons. The molecule has 0 spiro atoms. The smallest absolute Gasteiger partial charge is 0.270 e. The number of nitrogens with zero attached hydrogens (tertiary/aromatic N) is 4. The maximum absolute atomic E-state index is 11.0. The maximum atomic E-state index is 11.0. The van der Waals surface area contributed by atoms with Crippen LogP contribution >= 0.6 is 0 Å². The summed E-state index contributed by atoms with van der Waals surface area (Å²) in [4.78, 5) is 19.1. The van der Waals surface area contributed by atoms with Gasteiger partial charge in [-0.25, -0.2) is 9.97 Å². The molecule has 2 aromatic heterocycles. The van der Waals surface area contributed by atoms with Gasteiger partial charge in [0.05, 0.1) is 10.4 Å². The zero-order valence-electron chi connectivity index (χ0n) is 14.0. The highest BCUT2D eigenvalue weighted by molar-refractivity contribution is 5.87. The van der Waals surface area contributed by atoms with E-state index in [-0.39, 0.29) is 10.6 Å². The zero-order valence-corrected chi connectivity index (χ0v) is 14.0. The molecule has 0 saturated carbocycles. The highest BCUT2D eigenvalue weighted by atomic mass is 16.6. The van der Waals surface area contributed by atoms with Crippen molar-refractivity contribution in [2.75, 3.05) is 12.4 Å². The van der Waals surface area contributed by atoms with Gasteiger partial charge in [0.15, 0.2) is 0 Å². The van der Waals surface area contributed by atoms with Crippen molar-refractivity contribution in [3.8, 4) is 16.9 Å². The molecule has 0 aliphatic rings. The van der Waals surface area contributed by atoms with Gasteiger partial charge >= 0.3 is 0 Å².